The van der Waals surface area contributed by atoms with Crippen LogP contribution >= 0.6 is 11.3 Å². The van der Waals surface area contributed by atoms with Gasteiger partial charge < -0.3 is 0 Å². The Morgan fingerprint density at radius 1 is 1.38 bits per heavy atom. The predicted molar refractivity (Wildman–Crippen MR) is 63.9 cm³/mol. The monoisotopic (exact) mass is 233 g/mol. The van der Waals surface area contributed by atoms with E-state index in [1.54, 1.807) is 0 Å². The van der Waals surface area contributed by atoms with Crippen molar-refractivity contribution in [1.29, 1.82) is 0 Å². The van der Waals surface area contributed by atoms with Crippen LogP contribution in [-0.4, -0.2) is 10.9 Å². The van der Waals surface area contributed by atoms with Crippen molar-refractivity contribution in [2.24, 2.45) is 5.84 Å². The molecule has 0 unspecified atom stereocenters. The summed E-state index contributed by atoms with van der Waals surface area (Å²) < 4.78 is 0. The number of nitrogen functional groups attached to an aromatic ring is 1. The summed E-state index contributed by atoms with van der Waals surface area (Å²) >= 11 is 1.48. The molecule has 0 atom stereocenters. The number of aryl methyl sites for hydroxylation is 1. The van der Waals surface area contributed by atoms with Crippen molar-refractivity contribution >= 4 is 17.2 Å². The summed E-state index contributed by atoms with van der Waals surface area (Å²) in [6, 6.07) is 9.74. The molecule has 4 nitrogen and oxygen atoms in total. The molecule has 2 rings (SSSR count). The Labute approximate surface area is 97.1 Å². The summed E-state index contributed by atoms with van der Waals surface area (Å²) in [6.07, 6.45) is 0. The number of carbonyl (C=O) groups is 1. The van der Waals surface area contributed by atoms with Crippen molar-refractivity contribution in [3.05, 3.63) is 40.9 Å². The fourth-order valence-corrected chi connectivity index (χ4v) is 2.30. The van der Waals surface area contributed by atoms with Crippen LogP contribution in [0.25, 0.3) is 10.6 Å². The quantitative estimate of drug-likeness (QED) is 0.471. The summed E-state index contributed by atoms with van der Waals surface area (Å²) in [5, 5.41) is 0.830. The maximum atomic E-state index is 11.4. The van der Waals surface area contributed by atoms with Gasteiger partial charge in [0.15, 0.2) is 0 Å². The van der Waals surface area contributed by atoms with Crippen LogP contribution in [0, 0.1) is 6.92 Å². The average molecular weight is 233 g/mol. The zero-order valence-corrected chi connectivity index (χ0v) is 9.54. The lowest BCUT2D eigenvalue weighted by Crippen LogP contribution is -2.30. The summed E-state index contributed by atoms with van der Waals surface area (Å²) in [7, 11) is 0. The van der Waals surface area contributed by atoms with E-state index in [9.17, 15) is 4.79 Å². The predicted octanol–water partition coefficient (Wildman–Crippen LogP) is 1.72. The minimum absolute atomic E-state index is 0.351. The van der Waals surface area contributed by atoms with Crippen LogP contribution in [0.15, 0.2) is 30.3 Å². The van der Waals surface area contributed by atoms with E-state index in [1.165, 1.54) is 11.3 Å². The molecule has 0 aliphatic rings. The number of nitrogens with one attached hydrogen (secondary N) is 1. The maximum absolute atomic E-state index is 11.4. The first-order chi connectivity index (χ1) is 7.72. The highest BCUT2D eigenvalue weighted by molar-refractivity contribution is 7.15. The van der Waals surface area contributed by atoms with Crippen molar-refractivity contribution in [3.63, 3.8) is 0 Å². The van der Waals surface area contributed by atoms with E-state index in [1.807, 2.05) is 37.3 Å². The van der Waals surface area contributed by atoms with Gasteiger partial charge in [0.25, 0.3) is 5.91 Å². The lowest BCUT2D eigenvalue weighted by Gasteiger charge is -1.95. The van der Waals surface area contributed by atoms with Gasteiger partial charge in [0.05, 0.1) is 0 Å². The van der Waals surface area contributed by atoms with Crippen molar-refractivity contribution in [3.8, 4) is 10.6 Å². The molecule has 5 heteroatoms. The molecule has 0 spiro atoms. The smallest absolute Gasteiger partial charge is 0.284 e. The van der Waals surface area contributed by atoms with Gasteiger partial charge in [-0.05, 0) is 6.92 Å². The van der Waals surface area contributed by atoms with Gasteiger partial charge in [0.1, 0.15) is 10.7 Å². The number of hydrogen-bond donors (Lipinski definition) is 2. The number of aromatic nitrogens is 1. The number of rotatable bonds is 2. The molecule has 1 heterocycles. The minimum atomic E-state index is -0.351. The van der Waals surface area contributed by atoms with Crippen LogP contribution in [0.3, 0.4) is 0 Å². The molecule has 0 saturated heterocycles. The van der Waals surface area contributed by atoms with Crippen molar-refractivity contribution < 1.29 is 4.79 Å². The van der Waals surface area contributed by atoms with Gasteiger partial charge >= 0.3 is 0 Å². The van der Waals surface area contributed by atoms with Gasteiger partial charge in [-0.3, -0.25) is 10.2 Å². The van der Waals surface area contributed by atoms with Gasteiger partial charge in [-0.2, -0.15) is 0 Å². The van der Waals surface area contributed by atoms with E-state index >= 15 is 0 Å². The normalized spacial score (nSPS) is 10.1. The minimum Gasteiger partial charge on any atom is -0.289 e. The van der Waals surface area contributed by atoms with Gasteiger partial charge in [-0.25, -0.2) is 10.8 Å². The van der Waals surface area contributed by atoms with Crippen LogP contribution in [0.5, 0.6) is 0 Å². The van der Waals surface area contributed by atoms with E-state index in [0.29, 0.717) is 5.69 Å². The lowest BCUT2D eigenvalue weighted by molar-refractivity contribution is 0.0949. The van der Waals surface area contributed by atoms with Crippen LogP contribution in [0.2, 0.25) is 0 Å². The Morgan fingerprint density at radius 2 is 2.06 bits per heavy atom. The molecule has 0 bridgehead atoms. The molecule has 1 aromatic carbocycles. The highest BCUT2D eigenvalue weighted by Crippen LogP contribution is 2.27. The fourth-order valence-electron chi connectivity index (χ4n) is 1.38. The maximum Gasteiger partial charge on any atom is 0.284 e. The molecule has 16 heavy (non-hydrogen) atoms. The zero-order chi connectivity index (χ0) is 11.5. The summed E-state index contributed by atoms with van der Waals surface area (Å²) in [6.45, 7) is 1.86. The number of amides is 1. The molecule has 1 amide bonds. The third-order valence-electron chi connectivity index (χ3n) is 2.16. The van der Waals surface area contributed by atoms with Crippen LogP contribution < -0.4 is 11.3 Å². The Morgan fingerprint density at radius 3 is 2.69 bits per heavy atom. The molecule has 0 aliphatic carbocycles. The number of hydrazine groups is 1. The number of hydrogen-bond acceptors (Lipinski definition) is 4. The molecule has 3 N–H and O–H groups in total. The summed E-state index contributed by atoms with van der Waals surface area (Å²) in [4.78, 5) is 16.5. The van der Waals surface area contributed by atoms with E-state index in [0.717, 1.165) is 15.4 Å². The first kappa shape index (κ1) is 10.8. The van der Waals surface area contributed by atoms with Crippen molar-refractivity contribution in [2.45, 2.75) is 6.92 Å². The lowest BCUT2D eigenvalue weighted by atomic mass is 10.2. The number of nitrogens with zero attached hydrogens (tertiary/aromatic N) is 1. The summed E-state index contributed by atoms with van der Waals surface area (Å²) in [5.41, 5.74) is 3.49. The topological polar surface area (TPSA) is 68.0 Å². The third kappa shape index (κ3) is 1.95. The number of thiazole rings is 1. The molecular formula is C11H11N3OS. The molecular weight excluding hydrogens is 222 g/mol. The van der Waals surface area contributed by atoms with Crippen molar-refractivity contribution in [1.82, 2.24) is 10.4 Å². The Bertz CT molecular complexity index is 507. The van der Waals surface area contributed by atoms with Crippen LogP contribution in [0.4, 0.5) is 0 Å². The first-order valence-electron chi connectivity index (χ1n) is 4.76. The Hall–Kier alpha value is -1.72. The van der Waals surface area contributed by atoms with Crippen LogP contribution in [0.1, 0.15) is 15.4 Å². The fraction of sp³-hybridized carbons (Fsp3) is 0.0909. The van der Waals surface area contributed by atoms with E-state index in [4.69, 9.17) is 5.84 Å². The highest BCUT2D eigenvalue weighted by atomic mass is 32.1. The van der Waals surface area contributed by atoms with Gasteiger partial charge in [0.2, 0.25) is 0 Å². The van der Waals surface area contributed by atoms with E-state index in [-0.39, 0.29) is 5.91 Å². The second-order valence-corrected chi connectivity index (χ2v) is 4.47. The molecule has 0 fully saturated rings. The molecule has 0 saturated carbocycles. The molecule has 0 aliphatic heterocycles. The molecule has 1 aromatic heterocycles. The standard InChI is InChI=1S/C11H11N3OS/c1-7-9(10(15)14-12)13-11(16-7)8-5-3-2-4-6-8/h2-6H,12H2,1H3,(H,14,15). The Kier molecular flexibility index (Phi) is 2.98. The van der Waals surface area contributed by atoms with Gasteiger partial charge in [-0.1, -0.05) is 30.3 Å². The summed E-state index contributed by atoms with van der Waals surface area (Å²) in [5.74, 6) is 4.73. The first-order valence-corrected chi connectivity index (χ1v) is 5.58. The van der Waals surface area contributed by atoms with E-state index < -0.39 is 0 Å². The molecule has 0 radical (unpaired) electrons. The van der Waals surface area contributed by atoms with Crippen LogP contribution in [-0.2, 0) is 0 Å². The molecule has 2 aromatic rings. The van der Waals surface area contributed by atoms with Gasteiger partial charge in [-0.15, -0.1) is 11.3 Å². The van der Waals surface area contributed by atoms with E-state index in [2.05, 4.69) is 10.4 Å². The largest absolute Gasteiger partial charge is 0.289 e. The third-order valence-corrected chi connectivity index (χ3v) is 3.18. The Balaban J connectivity index is 2.42. The zero-order valence-electron chi connectivity index (χ0n) is 8.73. The van der Waals surface area contributed by atoms with Crippen molar-refractivity contribution in [2.75, 3.05) is 0 Å². The average Bonchev–Trinajstić information content (AvgIpc) is 2.71. The SMILES string of the molecule is Cc1sc(-c2ccccc2)nc1C(=O)NN. The number of benzene rings is 1. The van der Waals surface area contributed by atoms with Gasteiger partial charge in [0, 0.05) is 10.4 Å². The highest BCUT2D eigenvalue weighted by Gasteiger charge is 2.14. The molecule has 82 valence electrons. The number of carbonyl (C=O) groups excluding carboxylic acids is 1. The second-order valence-electron chi connectivity index (χ2n) is 3.26. The second kappa shape index (κ2) is 4.42. The number of nitrogens with two attached hydrogens (primary N) is 1.